The van der Waals surface area contributed by atoms with E-state index in [9.17, 15) is 0 Å². The van der Waals surface area contributed by atoms with Crippen LogP contribution in [-0.2, 0) is 7.05 Å². The normalized spacial score (nSPS) is 24.9. The van der Waals surface area contributed by atoms with Crippen molar-refractivity contribution in [2.24, 2.45) is 7.05 Å². The molecular formula is C25H26FN7. The van der Waals surface area contributed by atoms with Crippen molar-refractivity contribution in [1.82, 2.24) is 34.4 Å². The molecule has 2 aliphatic rings. The quantitative estimate of drug-likeness (QED) is 0.474. The first-order valence-corrected chi connectivity index (χ1v) is 11.4. The van der Waals surface area contributed by atoms with Crippen LogP contribution < -0.4 is 0 Å². The molecule has 4 atom stereocenters. The highest BCUT2D eigenvalue weighted by Crippen LogP contribution is 2.41. The van der Waals surface area contributed by atoms with Crippen molar-refractivity contribution in [3.8, 4) is 33.6 Å². The molecule has 0 N–H and O–H groups in total. The Morgan fingerprint density at radius 2 is 1.58 bits per heavy atom. The predicted molar refractivity (Wildman–Crippen MR) is 124 cm³/mol. The number of alkyl halides is 1. The van der Waals surface area contributed by atoms with E-state index in [1.54, 1.807) is 10.9 Å². The highest BCUT2D eigenvalue weighted by molar-refractivity contribution is 5.70. The highest BCUT2D eigenvalue weighted by atomic mass is 19.1. The minimum absolute atomic E-state index is 0.00597. The van der Waals surface area contributed by atoms with Gasteiger partial charge in [0.1, 0.15) is 6.17 Å². The summed E-state index contributed by atoms with van der Waals surface area (Å²) in [4.78, 5) is 11.4. The Balaban J connectivity index is 1.23. The van der Waals surface area contributed by atoms with Crippen molar-refractivity contribution >= 4 is 0 Å². The third-order valence-corrected chi connectivity index (χ3v) is 7.23. The van der Waals surface area contributed by atoms with Crippen molar-refractivity contribution in [3.05, 3.63) is 61.4 Å². The standard InChI is InChI=1S/C25H26FN7/c1-31-14-19(12-29-31)16-4-3-5-17(8-16)25-27-10-18(11-28-25)20-13-30-33(15-20)23-9-21-6-7-22(24(23)26)32(21)2/h3-5,8,10-15,21-24H,6-7,9H2,1-2H3/t21-,22-,23-,24-/m1/s1. The number of fused-ring (bicyclic) bond motifs is 2. The van der Waals surface area contributed by atoms with E-state index in [-0.39, 0.29) is 12.1 Å². The first-order valence-electron chi connectivity index (χ1n) is 11.4. The van der Waals surface area contributed by atoms with Crippen LogP contribution in [0, 0.1) is 0 Å². The van der Waals surface area contributed by atoms with Crippen LogP contribution in [0.4, 0.5) is 4.39 Å². The molecule has 0 spiro atoms. The van der Waals surface area contributed by atoms with Crippen LogP contribution in [-0.4, -0.2) is 59.7 Å². The summed E-state index contributed by atoms with van der Waals surface area (Å²) in [5.74, 6) is 0.660. The van der Waals surface area contributed by atoms with Gasteiger partial charge in [-0.1, -0.05) is 18.2 Å². The summed E-state index contributed by atoms with van der Waals surface area (Å²) in [6.07, 6.45) is 13.1. The lowest BCUT2D eigenvalue weighted by Crippen LogP contribution is -2.48. The minimum atomic E-state index is -0.896. The number of nitrogens with zero attached hydrogens (tertiary/aromatic N) is 7. The van der Waals surface area contributed by atoms with E-state index in [1.807, 2.05) is 61.9 Å². The van der Waals surface area contributed by atoms with E-state index in [0.717, 1.165) is 47.1 Å². The van der Waals surface area contributed by atoms with Gasteiger partial charge in [-0.15, -0.1) is 0 Å². The van der Waals surface area contributed by atoms with Gasteiger partial charge in [-0.25, -0.2) is 14.4 Å². The van der Waals surface area contributed by atoms with Crippen molar-refractivity contribution < 1.29 is 4.39 Å². The lowest BCUT2D eigenvalue weighted by molar-refractivity contribution is 0.0402. The summed E-state index contributed by atoms with van der Waals surface area (Å²) in [7, 11) is 3.95. The molecule has 7 nitrogen and oxygen atoms in total. The van der Waals surface area contributed by atoms with E-state index in [0.29, 0.717) is 11.9 Å². The molecule has 2 aliphatic heterocycles. The zero-order valence-corrected chi connectivity index (χ0v) is 18.7. The SMILES string of the molecule is CN1[C@@H]2CC[C@@H]1[C@@H](F)[C@H](n1cc(-c3cnc(-c4cccc(-c5cnn(C)c5)c4)nc3)cn1)C2. The fourth-order valence-corrected chi connectivity index (χ4v) is 5.33. The van der Waals surface area contributed by atoms with Gasteiger partial charge in [0.05, 0.1) is 18.4 Å². The fourth-order valence-electron chi connectivity index (χ4n) is 5.33. The van der Waals surface area contributed by atoms with E-state index in [2.05, 4.69) is 37.2 Å². The van der Waals surface area contributed by atoms with Crippen LogP contribution in [0.5, 0.6) is 0 Å². The molecule has 4 aromatic rings. The maximum absolute atomic E-state index is 15.2. The first-order chi connectivity index (χ1) is 16.1. The summed E-state index contributed by atoms with van der Waals surface area (Å²) < 4.78 is 18.7. The number of hydrogen-bond acceptors (Lipinski definition) is 5. The number of aromatic nitrogens is 6. The average Bonchev–Trinajstić information content (AvgIpc) is 3.55. The van der Waals surface area contributed by atoms with Crippen LogP contribution in [0.25, 0.3) is 33.6 Å². The zero-order valence-electron chi connectivity index (χ0n) is 18.7. The molecule has 2 saturated heterocycles. The zero-order chi connectivity index (χ0) is 22.5. The van der Waals surface area contributed by atoms with Crippen LogP contribution >= 0.6 is 0 Å². The molecule has 2 bridgehead atoms. The average molecular weight is 444 g/mol. The van der Waals surface area contributed by atoms with Gasteiger partial charge >= 0.3 is 0 Å². The molecule has 0 saturated carbocycles. The van der Waals surface area contributed by atoms with Gasteiger partial charge in [-0.2, -0.15) is 10.2 Å². The van der Waals surface area contributed by atoms with Crippen molar-refractivity contribution in [3.63, 3.8) is 0 Å². The smallest absolute Gasteiger partial charge is 0.159 e. The molecule has 2 fully saturated rings. The molecule has 168 valence electrons. The first kappa shape index (κ1) is 20.2. The van der Waals surface area contributed by atoms with E-state index >= 15 is 4.39 Å². The molecule has 6 rings (SSSR count). The third-order valence-electron chi connectivity index (χ3n) is 7.23. The Morgan fingerprint density at radius 3 is 2.36 bits per heavy atom. The Kier molecular flexibility index (Phi) is 4.83. The summed E-state index contributed by atoms with van der Waals surface area (Å²) in [6.45, 7) is 0. The molecule has 0 radical (unpaired) electrons. The van der Waals surface area contributed by atoms with Crippen molar-refractivity contribution in [2.45, 2.75) is 43.6 Å². The van der Waals surface area contributed by atoms with E-state index in [1.165, 1.54) is 0 Å². The molecule has 5 heterocycles. The number of rotatable bonds is 4. The molecule has 1 aromatic carbocycles. The molecule has 0 unspecified atom stereocenters. The van der Waals surface area contributed by atoms with Crippen LogP contribution in [0.15, 0.2) is 61.4 Å². The predicted octanol–water partition coefficient (Wildman–Crippen LogP) is 4.15. The molecule has 0 amide bonds. The van der Waals surface area contributed by atoms with Gasteiger partial charge in [0.15, 0.2) is 5.82 Å². The second kappa shape index (κ2) is 7.88. The van der Waals surface area contributed by atoms with Gasteiger partial charge in [-0.3, -0.25) is 14.3 Å². The fraction of sp³-hybridized carbons (Fsp3) is 0.360. The number of aryl methyl sites for hydroxylation is 1. The summed E-state index contributed by atoms with van der Waals surface area (Å²) in [6, 6.07) is 8.37. The second-order valence-corrected chi connectivity index (χ2v) is 9.20. The molecule has 33 heavy (non-hydrogen) atoms. The maximum Gasteiger partial charge on any atom is 0.159 e. The van der Waals surface area contributed by atoms with Gasteiger partial charge in [-0.05, 0) is 37.9 Å². The number of piperidine rings is 1. The van der Waals surface area contributed by atoms with Gasteiger partial charge < -0.3 is 0 Å². The molecule has 8 heteroatoms. The molecule has 3 aromatic heterocycles. The van der Waals surface area contributed by atoms with Crippen molar-refractivity contribution in [1.29, 1.82) is 0 Å². The Bertz CT molecular complexity index is 1280. The topological polar surface area (TPSA) is 64.7 Å². The third kappa shape index (κ3) is 3.54. The Morgan fingerprint density at radius 1 is 0.818 bits per heavy atom. The molecular weight excluding hydrogens is 417 g/mol. The maximum atomic E-state index is 15.2. The number of benzene rings is 1. The van der Waals surface area contributed by atoms with Crippen LogP contribution in [0.3, 0.4) is 0 Å². The molecule has 0 aliphatic carbocycles. The van der Waals surface area contributed by atoms with E-state index < -0.39 is 6.17 Å². The number of hydrogen-bond donors (Lipinski definition) is 0. The van der Waals surface area contributed by atoms with Crippen LogP contribution in [0.1, 0.15) is 25.3 Å². The highest BCUT2D eigenvalue weighted by Gasteiger charge is 2.46. The summed E-state index contributed by atoms with van der Waals surface area (Å²) in [5, 5.41) is 8.76. The van der Waals surface area contributed by atoms with Crippen LogP contribution in [0.2, 0.25) is 0 Å². The monoisotopic (exact) mass is 443 g/mol. The largest absolute Gasteiger partial charge is 0.297 e. The lowest BCUT2D eigenvalue weighted by Gasteiger charge is -2.39. The second-order valence-electron chi connectivity index (χ2n) is 9.20. The lowest BCUT2D eigenvalue weighted by atomic mass is 9.96. The Labute approximate surface area is 191 Å². The summed E-state index contributed by atoms with van der Waals surface area (Å²) in [5.41, 5.74) is 4.85. The minimum Gasteiger partial charge on any atom is -0.297 e. The van der Waals surface area contributed by atoms with Gasteiger partial charge in [0.2, 0.25) is 0 Å². The number of halogens is 1. The Hall–Kier alpha value is -3.39. The van der Waals surface area contributed by atoms with Gasteiger partial charge in [0, 0.05) is 66.2 Å². The van der Waals surface area contributed by atoms with Crippen molar-refractivity contribution in [2.75, 3.05) is 7.05 Å². The van der Waals surface area contributed by atoms with E-state index in [4.69, 9.17) is 0 Å². The van der Waals surface area contributed by atoms with Gasteiger partial charge in [0.25, 0.3) is 0 Å². The summed E-state index contributed by atoms with van der Waals surface area (Å²) >= 11 is 0.